The molecule has 24 heavy (non-hydrogen) atoms. The van der Waals surface area contributed by atoms with E-state index >= 15 is 0 Å². The molecule has 134 valence electrons. The summed E-state index contributed by atoms with van der Waals surface area (Å²) in [5.41, 5.74) is 3.38. The summed E-state index contributed by atoms with van der Waals surface area (Å²) in [6, 6.07) is 6.00. The summed E-state index contributed by atoms with van der Waals surface area (Å²) in [7, 11) is 1.66. The van der Waals surface area contributed by atoms with Gasteiger partial charge >= 0.3 is 0 Å². The largest absolute Gasteiger partial charge is 0.493 e. The minimum absolute atomic E-state index is 0.0215. The number of nitrogens with one attached hydrogen (secondary N) is 1. The first kappa shape index (κ1) is 18.5. The van der Waals surface area contributed by atoms with Crippen LogP contribution >= 0.6 is 0 Å². The van der Waals surface area contributed by atoms with Gasteiger partial charge in [0.05, 0.1) is 13.7 Å². The quantitative estimate of drug-likeness (QED) is 0.452. The SMILES string of the molecule is COc1cccc(CN2CCC(C(=O)NN)CC2)c1OCC(C)C. The lowest BCUT2D eigenvalue weighted by atomic mass is 9.96. The summed E-state index contributed by atoms with van der Waals surface area (Å²) in [5.74, 6) is 7.24. The van der Waals surface area contributed by atoms with Crippen LogP contribution in [0.15, 0.2) is 18.2 Å². The number of nitrogens with zero attached hydrogens (tertiary/aromatic N) is 1. The van der Waals surface area contributed by atoms with Crippen LogP contribution in [0.1, 0.15) is 32.3 Å². The summed E-state index contributed by atoms with van der Waals surface area (Å²) in [6.45, 7) is 7.45. The molecule has 1 saturated heterocycles. The number of ether oxygens (including phenoxy) is 2. The molecule has 0 aliphatic carbocycles. The Morgan fingerprint density at radius 3 is 2.67 bits per heavy atom. The highest BCUT2D eigenvalue weighted by Crippen LogP contribution is 2.33. The summed E-state index contributed by atoms with van der Waals surface area (Å²) in [5, 5.41) is 0. The number of nitrogens with two attached hydrogens (primary N) is 1. The molecule has 1 aromatic rings. The Balaban J connectivity index is 2.03. The van der Waals surface area contributed by atoms with Gasteiger partial charge in [0, 0.05) is 18.0 Å². The van der Waals surface area contributed by atoms with E-state index in [1.54, 1.807) is 7.11 Å². The molecular weight excluding hydrogens is 306 g/mol. The molecule has 2 rings (SSSR count). The number of likely N-dealkylation sites (tertiary alicyclic amines) is 1. The minimum atomic E-state index is -0.0583. The zero-order valence-corrected chi connectivity index (χ0v) is 14.9. The van der Waals surface area contributed by atoms with Gasteiger partial charge in [0.1, 0.15) is 0 Å². The van der Waals surface area contributed by atoms with Crippen LogP contribution < -0.4 is 20.7 Å². The van der Waals surface area contributed by atoms with Crippen molar-refractivity contribution in [2.45, 2.75) is 33.2 Å². The van der Waals surface area contributed by atoms with E-state index in [1.807, 2.05) is 12.1 Å². The van der Waals surface area contributed by atoms with Gasteiger partial charge in [-0.3, -0.25) is 15.1 Å². The van der Waals surface area contributed by atoms with Crippen LogP contribution in [-0.4, -0.2) is 37.6 Å². The molecule has 0 bridgehead atoms. The molecule has 6 nitrogen and oxygen atoms in total. The van der Waals surface area contributed by atoms with Crippen LogP contribution in [0.3, 0.4) is 0 Å². The van der Waals surface area contributed by atoms with Crippen molar-refractivity contribution in [2.75, 3.05) is 26.8 Å². The maximum atomic E-state index is 11.6. The van der Waals surface area contributed by atoms with Gasteiger partial charge in [-0.05, 0) is 37.9 Å². The number of amides is 1. The molecule has 1 aliphatic rings. The van der Waals surface area contributed by atoms with Crippen molar-refractivity contribution >= 4 is 5.91 Å². The fourth-order valence-corrected chi connectivity index (χ4v) is 2.97. The molecule has 6 heteroatoms. The van der Waals surface area contributed by atoms with Crippen LogP contribution in [0.4, 0.5) is 0 Å². The average molecular weight is 335 g/mol. The molecule has 0 saturated carbocycles. The number of carbonyl (C=O) groups excluding carboxylic acids is 1. The van der Waals surface area contributed by atoms with E-state index < -0.39 is 0 Å². The van der Waals surface area contributed by atoms with Gasteiger partial charge in [0.15, 0.2) is 11.5 Å². The van der Waals surface area contributed by atoms with Crippen LogP contribution in [0, 0.1) is 11.8 Å². The van der Waals surface area contributed by atoms with E-state index in [0.717, 1.165) is 49.5 Å². The van der Waals surface area contributed by atoms with E-state index in [-0.39, 0.29) is 11.8 Å². The van der Waals surface area contributed by atoms with E-state index in [1.165, 1.54) is 0 Å². The second-order valence-corrected chi connectivity index (χ2v) is 6.71. The number of para-hydroxylation sites is 1. The monoisotopic (exact) mass is 335 g/mol. The standard InChI is InChI=1S/C18H29N3O3/c1-13(2)12-24-17-15(5-4-6-16(17)23-3)11-21-9-7-14(8-10-21)18(22)20-19/h4-6,13-14H,7-12,19H2,1-3H3,(H,20,22). The number of methoxy groups -OCH3 is 1. The van der Waals surface area contributed by atoms with E-state index in [4.69, 9.17) is 15.3 Å². The highest BCUT2D eigenvalue weighted by molar-refractivity contribution is 5.78. The van der Waals surface area contributed by atoms with Gasteiger partial charge in [-0.2, -0.15) is 0 Å². The van der Waals surface area contributed by atoms with Crippen molar-refractivity contribution in [1.29, 1.82) is 0 Å². The maximum Gasteiger partial charge on any atom is 0.237 e. The number of piperidine rings is 1. The Morgan fingerprint density at radius 2 is 2.08 bits per heavy atom. The second kappa shape index (κ2) is 8.89. The molecule has 0 unspecified atom stereocenters. The van der Waals surface area contributed by atoms with Crippen molar-refractivity contribution < 1.29 is 14.3 Å². The van der Waals surface area contributed by atoms with Gasteiger partial charge in [-0.25, -0.2) is 5.84 Å². The van der Waals surface area contributed by atoms with Crippen molar-refractivity contribution in [2.24, 2.45) is 17.7 Å². The molecule has 0 radical (unpaired) electrons. The lowest BCUT2D eigenvalue weighted by Crippen LogP contribution is -2.42. The number of hydrazine groups is 1. The summed E-state index contributed by atoms with van der Waals surface area (Å²) in [4.78, 5) is 14.0. The highest BCUT2D eigenvalue weighted by atomic mass is 16.5. The van der Waals surface area contributed by atoms with Gasteiger partial charge < -0.3 is 9.47 Å². The Morgan fingerprint density at radius 1 is 1.38 bits per heavy atom. The molecule has 1 heterocycles. The van der Waals surface area contributed by atoms with Crippen molar-refractivity contribution in [3.8, 4) is 11.5 Å². The fourth-order valence-electron chi connectivity index (χ4n) is 2.97. The van der Waals surface area contributed by atoms with Crippen LogP contribution in [0.5, 0.6) is 11.5 Å². The number of benzene rings is 1. The van der Waals surface area contributed by atoms with E-state index in [0.29, 0.717) is 12.5 Å². The lowest BCUT2D eigenvalue weighted by molar-refractivity contribution is -0.126. The fraction of sp³-hybridized carbons (Fsp3) is 0.611. The van der Waals surface area contributed by atoms with Crippen molar-refractivity contribution in [3.63, 3.8) is 0 Å². The Kier molecular flexibility index (Phi) is 6.87. The minimum Gasteiger partial charge on any atom is -0.493 e. The molecule has 1 aromatic carbocycles. The number of rotatable bonds is 7. The van der Waals surface area contributed by atoms with Gasteiger partial charge in [-0.15, -0.1) is 0 Å². The lowest BCUT2D eigenvalue weighted by Gasteiger charge is -2.31. The Labute approximate surface area is 144 Å². The van der Waals surface area contributed by atoms with Gasteiger partial charge in [0.2, 0.25) is 5.91 Å². The molecule has 0 spiro atoms. The third kappa shape index (κ3) is 4.85. The first-order valence-corrected chi connectivity index (χ1v) is 8.56. The van der Waals surface area contributed by atoms with Crippen LogP contribution in [0.25, 0.3) is 0 Å². The maximum absolute atomic E-state index is 11.6. The Hall–Kier alpha value is -1.79. The van der Waals surface area contributed by atoms with Crippen LogP contribution in [-0.2, 0) is 11.3 Å². The third-order valence-electron chi connectivity index (χ3n) is 4.34. The highest BCUT2D eigenvalue weighted by Gasteiger charge is 2.25. The van der Waals surface area contributed by atoms with Gasteiger partial charge in [-0.1, -0.05) is 26.0 Å². The predicted octanol–water partition coefficient (Wildman–Crippen LogP) is 1.93. The second-order valence-electron chi connectivity index (χ2n) is 6.71. The van der Waals surface area contributed by atoms with Crippen molar-refractivity contribution in [1.82, 2.24) is 10.3 Å². The first-order valence-electron chi connectivity index (χ1n) is 8.56. The average Bonchev–Trinajstić information content (AvgIpc) is 2.60. The van der Waals surface area contributed by atoms with Gasteiger partial charge in [0.25, 0.3) is 0 Å². The molecule has 1 amide bonds. The number of hydrogen-bond donors (Lipinski definition) is 2. The molecule has 1 aliphatic heterocycles. The normalized spacial score (nSPS) is 16.2. The molecule has 3 N–H and O–H groups in total. The molecular formula is C18H29N3O3. The molecule has 1 fully saturated rings. The summed E-state index contributed by atoms with van der Waals surface area (Å²) >= 11 is 0. The predicted molar refractivity (Wildman–Crippen MR) is 93.7 cm³/mol. The zero-order valence-electron chi connectivity index (χ0n) is 14.9. The Bertz CT molecular complexity index is 540. The van der Waals surface area contributed by atoms with E-state index in [2.05, 4.69) is 30.2 Å². The zero-order chi connectivity index (χ0) is 17.5. The first-order chi connectivity index (χ1) is 11.5. The van der Waals surface area contributed by atoms with Crippen molar-refractivity contribution in [3.05, 3.63) is 23.8 Å². The molecule has 0 aromatic heterocycles. The number of hydrogen-bond acceptors (Lipinski definition) is 5. The topological polar surface area (TPSA) is 76.8 Å². The van der Waals surface area contributed by atoms with Crippen LogP contribution in [0.2, 0.25) is 0 Å². The summed E-state index contributed by atoms with van der Waals surface area (Å²) in [6.07, 6.45) is 1.66. The molecule has 0 atom stereocenters. The van der Waals surface area contributed by atoms with E-state index in [9.17, 15) is 4.79 Å². The summed E-state index contributed by atoms with van der Waals surface area (Å²) < 4.78 is 11.5. The third-order valence-corrected chi connectivity index (χ3v) is 4.34. The smallest absolute Gasteiger partial charge is 0.237 e. The number of carbonyl (C=O) groups is 1.